The van der Waals surface area contributed by atoms with E-state index in [1.54, 1.807) is 0 Å². The molecule has 4 heteroatoms. The number of anilines is 1. The van der Waals surface area contributed by atoms with E-state index in [9.17, 15) is 0 Å². The van der Waals surface area contributed by atoms with Gasteiger partial charge < -0.3 is 15.4 Å². The number of aliphatic imine (C=N–C) groups is 1. The maximum atomic E-state index is 5.39. The molecule has 1 aliphatic rings. The number of nitrogens with one attached hydrogen (secondary N) is 2. The van der Waals surface area contributed by atoms with Gasteiger partial charge in [-0.05, 0) is 50.0 Å². The van der Waals surface area contributed by atoms with Gasteiger partial charge in [0.05, 0.1) is 12.2 Å². The summed E-state index contributed by atoms with van der Waals surface area (Å²) in [7, 11) is 3.75. The Morgan fingerprint density at radius 1 is 1.00 bits per heavy atom. The molecule has 2 aromatic carbocycles. The number of fused-ring (bicyclic) bond motifs is 1. The molecule has 4 nitrogen and oxygen atoms in total. The zero-order valence-electron chi connectivity index (χ0n) is 17.8. The number of ether oxygens (including phenoxy) is 1. The fraction of sp³-hybridized carbons (Fsp3) is 0.208. The van der Waals surface area contributed by atoms with E-state index in [1.807, 2.05) is 70.6 Å². The van der Waals surface area contributed by atoms with Crippen LogP contribution in [0.2, 0.25) is 0 Å². The van der Waals surface area contributed by atoms with Crippen molar-refractivity contribution in [3.63, 3.8) is 0 Å². The molecule has 0 aromatic heterocycles. The van der Waals surface area contributed by atoms with Crippen molar-refractivity contribution in [2.45, 2.75) is 20.4 Å². The first kappa shape index (κ1) is 27.1. The van der Waals surface area contributed by atoms with Crippen LogP contribution in [0.3, 0.4) is 0 Å². The van der Waals surface area contributed by atoms with Crippen LogP contribution in [-0.4, -0.2) is 20.3 Å². The third-order valence-electron chi connectivity index (χ3n) is 2.87. The topological polar surface area (TPSA) is 45.7 Å². The minimum Gasteiger partial charge on any atom is -0.440 e. The lowest BCUT2D eigenvalue weighted by Crippen LogP contribution is -1.92. The average Bonchev–Trinajstić information content (AvgIpc) is 3.13. The molecule has 0 aliphatic carbocycles. The lowest BCUT2D eigenvalue weighted by atomic mass is 10.2. The molecule has 0 amide bonds. The Labute approximate surface area is 171 Å². The summed E-state index contributed by atoms with van der Waals surface area (Å²) < 4.78 is 5.39. The molecule has 2 N–H and O–H groups in total. The van der Waals surface area contributed by atoms with Crippen LogP contribution in [-0.2, 0) is 6.54 Å². The maximum absolute atomic E-state index is 5.39. The lowest BCUT2D eigenvalue weighted by Gasteiger charge is -1.98. The first-order valence-electron chi connectivity index (χ1n) is 9.13. The van der Waals surface area contributed by atoms with Crippen molar-refractivity contribution in [3.05, 3.63) is 98.4 Å². The second-order valence-electron chi connectivity index (χ2n) is 4.86. The number of rotatable bonds is 3. The van der Waals surface area contributed by atoms with Crippen LogP contribution in [0.15, 0.2) is 92.3 Å². The fourth-order valence-corrected chi connectivity index (χ4v) is 1.96. The Kier molecular flexibility index (Phi) is 18.1. The van der Waals surface area contributed by atoms with Crippen molar-refractivity contribution in [3.8, 4) is 5.75 Å². The first-order valence-corrected chi connectivity index (χ1v) is 9.13. The summed E-state index contributed by atoms with van der Waals surface area (Å²) in [4.78, 5) is 4.44. The van der Waals surface area contributed by atoms with Gasteiger partial charge in [0.15, 0.2) is 11.6 Å². The van der Waals surface area contributed by atoms with Crippen LogP contribution in [0, 0.1) is 0 Å². The van der Waals surface area contributed by atoms with Crippen LogP contribution in [0.4, 0.5) is 5.69 Å². The second kappa shape index (κ2) is 18.7. The van der Waals surface area contributed by atoms with E-state index in [4.69, 9.17) is 4.74 Å². The number of hydrogen-bond acceptors (Lipinski definition) is 4. The third-order valence-corrected chi connectivity index (χ3v) is 2.87. The number of benzene rings is 2. The van der Waals surface area contributed by atoms with E-state index >= 15 is 0 Å². The summed E-state index contributed by atoms with van der Waals surface area (Å²) in [6.07, 6.45) is 1.87. The van der Waals surface area contributed by atoms with Gasteiger partial charge in [-0.2, -0.15) is 0 Å². The molecule has 1 aliphatic heterocycles. The average molecular weight is 382 g/mol. The molecule has 0 atom stereocenters. The van der Waals surface area contributed by atoms with Crippen molar-refractivity contribution in [1.29, 1.82) is 0 Å². The van der Waals surface area contributed by atoms with Crippen molar-refractivity contribution in [2.24, 2.45) is 4.99 Å². The van der Waals surface area contributed by atoms with Gasteiger partial charge in [-0.25, -0.2) is 0 Å². The van der Waals surface area contributed by atoms with Crippen LogP contribution < -0.4 is 15.4 Å². The van der Waals surface area contributed by atoms with Gasteiger partial charge in [0, 0.05) is 6.21 Å². The maximum Gasteiger partial charge on any atom is 0.190 e. The van der Waals surface area contributed by atoms with Crippen LogP contribution in [0.25, 0.3) is 0 Å². The molecule has 0 radical (unpaired) electrons. The number of hydrogen-bond donors (Lipinski definition) is 2. The van der Waals surface area contributed by atoms with Gasteiger partial charge in [-0.15, -0.1) is 26.3 Å². The van der Waals surface area contributed by atoms with Gasteiger partial charge >= 0.3 is 0 Å². The largest absolute Gasteiger partial charge is 0.440 e. The quantitative estimate of drug-likeness (QED) is 0.503. The Hall–Kier alpha value is -3.11. The third kappa shape index (κ3) is 10.8. The Morgan fingerprint density at radius 3 is 2.14 bits per heavy atom. The summed E-state index contributed by atoms with van der Waals surface area (Å²) >= 11 is 0. The van der Waals surface area contributed by atoms with Gasteiger partial charge in [0.1, 0.15) is 0 Å². The van der Waals surface area contributed by atoms with E-state index in [-0.39, 0.29) is 0 Å². The minimum absolute atomic E-state index is 0.563. The van der Waals surface area contributed by atoms with Gasteiger partial charge in [0.25, 0.3) is 0 Å². The standard InChI is InChI=1S/C16H14N2O.C2H7N.C2H6.2C2H4/c1-12-18-15-9-14(7-8-16(15)19-12)11-17-10-13-5-3-2-4-6-13;1-3-2;3*1-2/h2-9,11,18H,1,10H2;3H,1-2H3;1-2H3;2*1-2H2. The predicted octanol–water partition coefficient (Wildman–Crippen LogP) is 6.05. The molecule has 1 heterocycles. The van der Waals surface area contributed by atoms with Crippen LogP contribution in [0.1, 0.15) is 25.0 Å². The predicted molar refractivity (Wildman–Crippen MR) is 126 cm³/mol. The van der Waals surface area contributed by atoms with E-state index in [2.05, 4.69) is 60.7 Å². The summed E-state index contributed by atoms with van der Waals surface area (Å²) in [6.45, 7) is 20.4. The zero-order valence-corrected chi connectivity index (χ0v) is 17.8. The highest BCUT2D eigenvalue weighted by Crippen LogP contribution is 2.32. The van der Waals surface area contributed by atoms with Crippen molar-refractivity contribution in [1.82, 2.24) is 5.32 Å². The molecular weight excluding hydrogens is 346 g/mol. The monoisotopic (exact) mass is 381 g/mol. The fourth-order valence-electron chi connectivity index (χ4n) is 1.96. The minimum atomic E-state index is 0.563. The molecule has 152 valence electrons. The normalized spacial score (nSPS) is 10.1. The molecule has 2 aromatic rings. The van der Waals surface area contributed by atoms with Crippen molar-refractivity contribution >= 4 is 11.9 Å². The van der Waals surface area contributed by atoms with E-state index < -0.39 is 0 Å². The van der Waals surface area contributed by atoms with Crippen LogP contribution >= 0.6 is 0 Å². The zero-order chi connectivity index (χ0) is 21.8. The van der Waals surface area contributed by atoms with Gasteiger partial charge in [-0.3, -0.25) is 4.99 Å². The number of nitrogens with zero attached hydrogens (tertiary/aromatic N) is 1. The molecule has 3 rings (SSSR count). The van der Waals surface area contributed by atoms with E-state index in [1.165, 1.54) is 5.56 Å². The Morgan fingerprint density at radius 2 is 1.57 bits per heavy atom. The summed E-state index contributed by atoms with van der Waals surface area (Å²) in [5.74, 6) is 1.37. The van der Waals surface area contributed by atoms with Gasteiger partial charge in [-0.1, -0.05) is 44.2 Å². The molecular formula is C24H35N3O. The molecule has 28 heavy (non-hydrogen) atoms. The molecule has 0 fully saturated rings. The van der Waals surface area contributed by atoms with E-state index in [0.29, 0.717) is 12.4 Å². The summed E-state index contributed by atoms with van der Waals surface area (Å²) in [5, 5.41) is 5.82. The Balaban J connectivity index is 0. The highest BCUT2D eigenvalue weighted by atomic mass is 16.5. The summed E-state index contributed by atoms with van der Waals surface area (Å²) in [6, 6.07) is 16.1. The molecule has 0 saturated heterocycles. The van der Waals surface area contributed by atoms with Crippen LogP contribution in [0.5, 0.6) is 5.75 Å². The highest BCUT2D eigenvalue weighted by molar-refractivity contribution is 5.83. The lowest BCUT2D eigenvalue weighted by molar-refractivity contribution is 0.460. The first-order chi connectivity index (χ1) is 13.7. The summed E-state index contributed by atoms with van der Waals surface area (Å²) in [5.41, 5.74) is 3.18. The van der Waals surface area contributed by atoms with Crippen molar-refractivity contribution in [2.75, 3.05) is 19.4 Å². The van der Waals surface area contributed by atoms with E-state index in [0.717, 1.165) is 17.0 Å². The Bertz CT molecular complexity index is 680. The SMILES string of the molecule is C=C.C=C.C=C1Nc2cc(C=NCc3ccccc3)ccc2O1.CC.CNC. The molecule has 0 unspecified atom stereocenters. The molecule has 0 bridgehead atoms. The smallest absolute Gasteiger partial charge is 0.190 e. The van der Waals surface area contributed by atoms with Gasteiger partial charge in [0.2, 0.25) is 0 Å². The highest BCUT2D eigenvalue weighted by Gasteiger charge is 2.14. The molecule has 0 saturated carbocycles. The van der Waals surface area contributed by atoms with Crippen molar-refractivity contribution < 1.29 is 4.74 Å². The molecule has 0 spiro atoms. The second-order valence-corrected chi connectivity index (χ2v) is 4.86.